The van der Waals surface area contributed by atoms with Crippen LogP contribution in [0.1, 0.15) is 36.8 Å². The number of esters is 3. The van der Waals surface area contributed by atoms with Gasteiger partial charge in [0.15, 0.2) is 10.9 Å². The van der Waals surface area contributed by atoms with Gasteiger partial charge in [-0.15, -0.1) is 0 Å². The maximum Gasteiger partial charge on any atom is 0.336 e. The van der Waals surface area contributed by atoms with Gasteiger partial charge in [0, 0.05) is 18.2 Å². The molecule has 1 aromatic heterocycles. The van der Waals surface area contributed by atoms with Gasteiger partial charge in [0.05, 0.1) is 38.8 Å². The molecule has 0 amide bonds. The Morgan fingerprint density at radius 1 is 0.604 bits per heavy atom. The molecule has 0 unspecified atom stereocenters. The predicted molar refractivity (Wildman–Crippen MR) is 181 cm³/mol. The average Bonchev–Trinajstić information content (AvgIpc) is 3.11. The highest BCUT2D eigenvalue weighted by molar-refractivity contribution is 8.13. The number of carbonyl (C=O) groups is 4. The van der Waals surface area contributed by atoms with E-state index in [1.54, 1.807) is 48.6 Å². The van der Waals surface area contributed by atoms with E-state index in [0.717, 1.165) is 47.9 Å². The molecular formula is C36H36N2O9S. The summed E-state index contributed by atoms with van der Waals surface area (Å²) in [5.74, 6) is 0.0181. The Morgan fingerprint density at radius 3 is 1.54 bits per heavy atom. The molecule has 0 bridgehead atoms. The highest BCUT2D eigenvalue weighted by Crippen LogP contribution is 2.19. The summed E-state index contributed by atoms with van der Waals surface area (Å²) in [4.78, 5) is 54.8. The third-order valence-corrected chi connectivity index (χ3v) is 6.77. The number of benzene rings is 2. The molecule has 0 N–H and O–H groups in total. The Balaban J connectivity index is 1.33. The van der Waals surface area contributed by atoms with Gasteiger partial charge in [-0.25, -0.2) is 24.4 Å². The Morgan fingerprint density at radius 2 is 1.06 bits per heavy atom. The third kappa shape index (κ3) is 15.2. The van der Waals surface area contributed by atoms with Crippen molar-refractivity contribution in [2.45, 2.75) is 30.8 Å². The van der Waals surface area contributed by atoms with Gasteiger partial charge < -0.3 is 23.7 Å². The zero-order valence-electron chi connectivity index (χ0n) is 26.3. The lowest BCUT2D eigenvalue weighted by molar-refractivity contribution is -0.138. The van der Waals surface area contributed by atoms with Crippen LogP contribution in [0.4, 0.5) is 0 Å². The maximum absolute atomic E-state index is 12.4. The van der Waals surface area contributed by atoms with Gasteiger partial charge in [0.2, 0.25) is 5.12 Å². The van der Waals surface area contributed by atoms with Gasteiger partial charge in [-0.05, 0) is 85.0 Å². The molecule has 0 atom stereocenters. The number of hydrogen-bond donors (Lipinski definition) is 0. The van der Waals surface area contributed by atoms with Crippen LogP contribution in [0.15, 0.2) is 104 Å². The standard InChI is InChI=1S/C36H36N2O9S/c1-3-32(39)45-23-7-5-21-43-29-15-9-27(10-16-29)13-19-34(41)47-31-25-37-36(38-26-31)48-35(42)20-14-28-11-17-30(18-12-28)44-22-6-8-24-46-33(40)4-2/h3-4,9-20,25-26H,1-2,5-8,21-24H2/b19-13+,20-14+. The Kier molecular flexibility index (Phi) is 16.4. The zero-order valence-corrected chi connectivity index (χ0v) is 27.1. The van der Waals surface area contributed by atoms with Gasteiger partial charge >= 0.3 is 17.9 Å². The molecule has 2 aromatic carbocycles. The van der Waals surface area contributed by atoms with E-state index in [1.165, 1.54) is 24.5 Å². The number of nitrogens with zero attached hydrogens (tertiary/aromatic N) is 2. The quantitative estimate of drug-likeness (QED) is 0.0443. The lowest BCUT2D eigenvalue weighted by Gasteiger charge is -2.06. The van der Waals surface area contributed by atoms with E-state index in [2.05, 4.69) is 23.1 Å². The SMILES string of the molecule is C=CC(=O)OCCCCOc1ccc(/C=C/C(=O)Oc2cnc(SC(=O)/C=C/c3ccc(OCCCCOC(=O)C=C)cc3)nc2)cc1. The summed E-state index contributed by atoms with van der Waals surface area (Å²) in [7, 11) is 0. The minimum atomic E-state index is -0.613. The van der Waals surface area contributed by atoms with E-state index in [-0.39, 0.29) is 16.0 Å². The molecule has 0 fully saturated rings. The Bertz CT molecular complexity index is 1450. The molecule has 0 aliphatic carbocycles. The van der Waals surface area contributed by atoms with Crippen molar-refractivity contribution in [3.63, 3.8) is 0 Å². The molecule has 0 saturated heterocycles. The first-order chi connectivity index (χ1) is 23.3. The van der Waals surface area contributed by atoms with Gasteiger partial charge in [-0.2, -0.15) is 0 Å². The van der Waals surface area contributed by atoms with Crippen molar-refractivity contribution in [3.8, 4) is 17.2 Å². The van der Waals surface area contributed by atoms with Crippen LogP contribution >= 0.6 is 11.8 Å². The molecule has 0 radical (unpaired) electrons. The van der Waals surface area contributed by atoms with E-state index in [9.17, 15) is 19.2 Å². The molecular weight excluding hydrogens is 636 g/mol. The third-order valence-electron chi connectivity index (χ3n) is 6.04. The van der Waals surface area contributed by atoms with Crippen molar-refractivity contribution >= 4 is 46.9 Å². The molecule has 0 saturated carbocycles. The summed E-state index contributed by atoms with van der Waals surface area (Å²) in [6.45, 7) is 8.29. The molecule has 0 aliphatic rings. The highest BCUT2D eigenvalue weighted by atomic mass is 32.2. The first kappa shape index (κ1) is 37.0. The number of carbonyl (C=O) groups excluding carboxylic acids is 4. The first-order valence-electron chi connectivity index (χ1n) is 15.0. The van der Waals surface area contributed by atoms with Crippen molar-refractivity contribution in [1.82, 2.24) is 9.97 Å². The van der Waals surface area contributed by atoms with Crippen LogP contribution in [0.3, 0.4) is 0 Å². The summed E-state index contributed by atoms with van der Waals surface area (Å²) in [5, 5.41) is -0.0652. The number of ether oxygens (including phenoxy) is 5. The molecule has 48 heavy (non-hydrogen) atoms. The van der Waals surface area contributed by atoms with Crippen molar-refractivity contribution in [2.75, 3.05) is 26.4 Å². The summed E-state index contributed by atoms with van der Waals surface area (Å²) in [6, 6.07) is 14.4. The lowest BCUT2D eigenvalue weighted by Crippen LogP contribution is -2.05. The number of rotatable bonds is 20. The van der Waals surface area contributed by atoms with Crippen LogP contribution < -0.4 is 14.2 Å². The smallest absolute Gasteiger partial charge is 0.336 e. The Hall–Kier alpha value is -5.49. The highest BCUT2D eigenvalue weighted by Gasteiger charge is 2.07. The molecule has 3 aromatic rings. The van der Waals surface area contributed by atoms with Crippen LogP contribution in [0.25, 0.3) is 12.2 Å². The fraction of sp³-hybridized carbons (Fsp3) is 0.222. The molecule has 1 heterocycles. The lowest BCUT2D eigenvalue weighted by atomic mass is 10.2. The van der Waals surface area contributed by atoms with E-state index < -0.39 is 17.9 Å². The minimum absolute atomic E-state index is 0.137. The van der Waals surface area contributed by atoms with Crippen molar-refractivity contribution in [3.05, 3.63) is 110 Å². The summed E-state index contributed by atoms with van der Waals surface area (Å²) in [6.07, 6.45) is 13.7. The van der Waals surface area contributed by atoms with E-state index in [0.29, 0.717) is 50.8 Å². The van der Waals surface area contributed by atoms with Crippen LogP contribution in [-0.2, 0) is 28.7 Å². The fourth-order valence-electron chi connectivity index (χ4n) is 3.61. The predicted octanol–water partition coefficient (Wildman–Crippen LogP) is 6.20. The summed E-state index contributed by atoms with van der Waals surface area (Å²) in [5.41, 5.74) is 1.58. The van der Waals surface area contributed by atoms with E-state index >= 15 is 0 Å². The van der Waals surface area contributed by atoms with Crippen molar-refractivity contribution in [1.29, 1.82) is 0 Å². The number of thioether (sulfide) groups is 1. The van der Waals surface area contributed by atoms with Crippen LogP contribution in [-0.4, -0.2) is 59.4 Å². The average molecular weight is 673 g/mol. The van der Waals surface area contributed by atoms with Crippen molar-refractivity contribution < 1.29 is 42.9 Å². The first-order valence-corrected chi connectivity index (χ1v) is 15.8. The second-order valence-electron chi connectivity index (χ2n) is 9.70. The monoisotopic (exact) mass is 672 g/mol. The largest absolute Gasteiger partial charge is 0.494 e. The van der Waals surface area contributed by atoms with Gasteiger partial charge in [0.1, 0.15) is 11.5 Å². The topological polar surface area (TPSA) is 140 Å². The second kappa shape index (κ2) is 21.3. The van der Waals surface area contributed by atoms with Crippen molar-refractivity contribution in [2.24, 2.45) is 0 Å². The van der Waals surface area contributed by atoms with E-state index in [4.69, 9.17) is 23.7 Å². The zero-order chi connectivity index (χ0) is 34.4. The summed E-state index contributed by atoms with van der Waals surface area (Å²) < 4.78 is 26.4. The molecule has 11 nitrogen and oxygen atoms in total. The van der Waals surface area contributed by atoms with E-state index in [1.807, 2.05) is 12.1 Å². The molecule has 3 rings (SSSR count). The minimum Gasteiger partial charge on any atom is -0.494 e. The molecule has 0 spiro atoms. The second-order valence-corrected chi connectivity index (χ2v) is 10.7. The molecule has 0 aliphatic heterocycles. The Labute approximate surface area is 283 Å². The maximum atomic E-state index is 12.4. The number of unbranched alkanes of at least 4 members (excludes halogenated alkanes) is 2. The van der Waals surface area contributed by atoms with Crippen LogP contribution in [0, 0.1) is 0 Å². The normalized spacial score (nSPS) is 10.8. The number of hydrogen-bond acceptors (Lipinski definition) is 12. The van der Waals surface area contributed by atoms with Crippen LogP contribution in [0.5, 0.6) is 17.2 Å². The van der Waals surface area contributed by atoms with Gasteiger partial charge in [-0.3, -0.25) is 4.79 Å². The molecule has 12 heteroatoms. The summed E-state index contributed by atoms with van der Waals surface area (Å²) >= 11 is 0.838. The fourth-order valence-corrected chi connectivity index (χ4v) is 4.14. The van der Waals surface area contributed by atoms with Gasteiger partial charge in [-0.1, -0.05) is 43.5 Å². The number of aromatic nitrogens is 2. The molecule has 250 valence electrons. The van der Waals surface area contributed by atoms with Crippen LogP contribution in [0.2, 0.25) is 0 Å². The van der Waals surface area contributed by atoms with Gasteiger partial charge in [0.25, 0.3) is 0 Å².